The third-order valence-corrected chi connectivity index (χ3v) is 3.89. The first kappa shape index (κ1) is 13.7. The normalized spacial score (nSPS) is 29.9. The van der Waals surface area contributed by atoms with Crippen molar-refractivity contribution in [2.24, 2.45) is 0 Å². The van der Waals surface area contributed by atoms with Crippen LogP contribution in [0.1, 0.15) is 47.0 Å². The minimum absolute atomic E-state index is 0.156. The number of nitrogens with zero attached hydrogens (tertiary/aromatic N) is 2. The highest BCUT2D eigenvalue weighted by molar-refractivity contribution is 5.68. The van der Waals surface area contributed by atoms with Crippen LogP contribution in [0.4, 0.5) is 4.79 Å². The molecule has 0 spiro atoms. The lowest BCUT2D eigenvalue weighted by Gasteiger charge is -2.29. The molecule has 2 rings (SSSR count). The van der Waals surface area contributed by atoms with Crippen molar-refractivity contribution in [3.05, 3.63) is 0 Å². The molecule has 0 aliphatic carbocycles. The van der Waals surface area contributed by atoms with Gasteiger partial charge in [0.2, 0.25) is 0 Å². The summed E-state index contributed by atoms with van der Waals surface area (Å²) in [5.74, 6) is 0. The fourth-order valence-electron chi connectivity index (χ4n) is 3.00. The van der Waals surface area contributed by atoms with Crippen molar-refractivity contribution in [1.29, 1.82) is 0 Å². The Hall–Kier alpha value is -0.770. The molecular formula is C14H26N2O2. The summed E-state index contributed by atoms with van der Waals surface area (Å²) >= 11 is 0. The fourth-order valence-corrected chi connectivity index (χ4v) is 3.00. The number of hydrogen-bond acceptors (Lipinski definition) is 3. The Kier molecular flexibility index (Phi) is 3.85. The molecule has 0 aromatic heterocycles. The molecule has 0 bridgehead atoms. The van der Waals surface area contributed by atoms with Crippen LogP contribution < -0.4 is 0 Å². The maximum absolute atomic E-state index is 12.0. The molecule has 0 aromatic rings. The summed E-state index contributed by atoms with van der Waals surface area (Å²) in [5.41, 5.74) is -0.393. The van der Waals surface area contributed by atoms with Gasteiger partial charge in [-0.3, -0.25) is 4.90 Å². The van der Waals surface area contributed by atoms with E-state index in [1.54, 1.807) is 0 Å². The number of rotatable bonds is 1. The first-order valence-electron chi connectivity index (χ1n) is 7.10. The molecule has 0 saturated carbocycles. The van der Waals surface area contributed by atoms with Crippen LogP contribution in [0.5, 0.6) is 0 Å². The predicted octanol–water partition coefficient (Wildman–Crippen LogP) is 2.48. The van der Waals surface area contributed by atoms with Gasteiger partial charge in [-0.15, -0.1) is 0 Å². The summed E-state index contributed by atoms with van der Waals surface area (Å²) in [5, 5.41) is 0. The van der Waals surface area contributed by atoms with Crippen molar-refractivity contribution < 1.29 is 9.53 Å². The lowest BCUT2D eigenvalue weighted by atomic mass is 10.2. The van der Waals surface area contributed by atoms with Gasteiger partial charge in [0.05, 0.1) is 0 Å². The van der Waals surface area contributed by atoms with Crippen LogP contribution in [-0.4, -0.2) is 53.2 Å². The summed E-state index contributed by atoms with van der Waals surface area (Å²) in [6, 6.07) is 1.21. The third-order valence-electron chi connectivity index (χ3n) is 3.89. The van der Waals surface area contributed by atoms with E-state index in [0.29, 0.717) is 12.1 Å². The van der Waals surface area contributed by atoms with E-state index in [1.165, 1.54) is 19.4 Å². The Bertz CT molecular complexity index is 311. The van der Waals surface area contributed by atoms with Gasteiger partial charge in [-0.2, -0.15) is 0 Å². The molecular weight excluding hydrogens is 228 g/mol. The average molecular weight is 254 g/mol. The smallest absolute Gasteiger partial charge is 0.410 e. The van der Waals surface area contributed by atoms with E-state index in [4.69, 9.17) is 4.74 Å². The number of ether oxygens (including phenoxy) is 1. The third kappa shape index (κ3) is 3.16. The van der Waals surface area contributed by atoms with E-state index in [9.17, 15) is 4.79 Å². The number of carbonyl (C=O) groups is 1. The summed E-state index contributed by atoms with van der Waals surface area (Å²) in [6.07, 6.45) is 3.52. The Morgan fingerprint density at radius 2 is 1.94 bits per heavy atom. The van der Waals surface area contributed by atoms with E-state index in [2.05, 4.69) is 11.8 Å². The zero-order chi connectivity index (χ0) is 13.3. The van der Waals surface area contributed by atoms with Crippen LogP contribution in [-0.2, 0) is 4.74 Å². The Balaban J connectivity index is 1.86. The fraction of sp³-hybridized carbons (Fsp3) is 0.929. The number of amides is 1. The van der Waals surface area contributed by atoms with Crippen LogP contribution in [0.2, 0.25) is 0 Å². The lowest BCUT2D eigenvalue weighted by Crippen LogP contribution is -2.41. The van der Waals surface area contributed by atoms with Gasteiger partial charge in [-0.1, -0.05) is 0 Å². The Labute approximate surface area is 110 Å². The van der Waals surface area contributed by atoms with Crippen molar-refractivity contribution in [2.45, 2.75) is 64.6 Å². The van der Waals surface area contributed by atoms with Crippen LogP contribution in [0.15, 0.2) is 0 Å². The summed E-state index contributed by atoms with van der Waals surface area (Å²) in [6.45, 7) is 10.9. The number of hydrogen-bond donors (Lipinski definition) is 0. The van der Waals surface area contributed by atoms with Gasteiger partial charge in [0.15, 0.2) is 0 Å². The highest BCUT2D eigenvalue weighted by Crippen LogP contribution is 2.25. The molecule has 0 radical (unpaired) electrons. The molecule has 2 heterocycles. The average Bonchev–Trinajstić information content (AvgIpc) is 2.82. The van der Waals surface area contributed by atoms with Crippen molar-refractivity contribution in [1.82, 2.24) is 9.80 Å². The summed E-state index contributed by atoms with van der Waals surface area (Å²) in [4.78, 5) is 16.4. The molecule has 2 atom stereocenters. The quantitative estimate of drug-likeness (QED) is 0.720. The van der Waals surface area contributed by atoms with E-state index in [0.717, 1.165) is 19.5 Å². The molecule has 2 fully saturated rings. The van der Waals surface area contributed by atoms with Crippen molar-refractivity contribution >= 4 is 6.09 Å². The highest BCUT2D eigenvalue weighted by atomic mass is 16.6. The van der Waals surface area contributed by atoms with Crippen LogP contribution in [0, 0.1) is 0 Å². The van der Waals surface area contributed by atoms with Crippen LogP contribution >= 0.6 is 0 Å². The van der Waals surface area contributed by atoms with Crippen LogP contribution in [0.3, 0.4) is 0 Å². The second kappa shape index (κ2) is 5.08. The Morgan fingerprint density at radius 1 is 1.22 bits per heavy atom. The maximum atomic E-state index is 12.0. The molecule has 2 saturated heterocycles. The summed E-state index contributed by atoms with van der Waals surface area (Å²) in [7, 11) is 0. The zero-order valence-electron chi connectivity index (χ0n) is 12.1. The van der Waals surface area contributed by atoms with E-state index >= 15 is 0 Å². The molecule has 2 aliphatic rings. The predicted molar refractivity (Wildman–Crippen MR) is 71.6 cm³/mol. The molecule has 104 valence electrons. The molecule has 1 amide bonds. The highest BCUT2D eigenvalue weighted by Gasteiger charge is 2.35. The minimum atomic E-state index is -0.393. The lowest BCUT2D eigenvalue weighted by molar-refractivity contribution is 0.0278. The maximum Gasteiger partial charge on any atom is 0.410 e. The summed E-state index contributed by atoms with van der Waals surface area (Å²) < 4.78 is 5.43. The molecule has 2 aliphatic heterocycles. The SMILES string of the molecule is C[C@H]1CCCN1[C@H]1CCN(C(=O)OC(C)(C)C)C1. The second-order valence-corrected chi connectivity index (χ2v) is 6.60. The number of carbonyl (C=O) groups excluding carboxylic acids is 1. The topological polar surface area (TPSA) is 32.8 Å². The molecule has 0 aromatic carbocycles. The van der Waals surface area contributed by atoms with Gasteiger partial charge in [-0.25, -0.2) is 4.79 Å². The van der Waals surface area contributed by atoms with Gasteiger partial charge >= 0.3 is 6.09 Å². The van der Waals surface area contributed by atoms with Crippen molar-refractivity contribution in [3.8, 4) is 0 Å². The first-order chi connectivity index (χ1) is 8.37. The largest absolute Gasteiger partial charge is 0.444 e. The standard InChI is InChI=1S/C14H26N2O2/c1-11-6-5-8-16(11)12-7-9-15(10-12)13(17)18-14(2,3)4/h11-12H,5-10H2,1-4H3/t11-,12-/m0/s1. The van der Waals surface area contributed by atoms with Crippen molar-refractivity contribution in [3.63, 3.8) is 0 Å². The second-order valence-electron chi connectivity index (χ2n) is 6.60. The van der Waals surface area contributed by atoms with E-state index < -0.39 is 5.60 Å². The Morgan fingerprint density at radius 3 is 2.50 bits per heavy atom. The van der Waals surface area contributed by atoms with Gasteiger partial charge < -0.3 is 9.64 Å². The molecule has 0 unspecified atom stereocenters. The molecule has 4 heteroatoms. The van der Waals surface area contributed by atoms with Crippen LogP contribution in [0.25, 0.3) is 0 Å². The minimum Gasteiger partial charge on any atom is -0.444 e. The molecule has 4 nitrogen and oxygen atoms in total. The van der Waals surface area contributed by atoms with Crippen molar-refractivity contribution in [2.75, 3.05) is 19.6 Å². The van der Waals surface area contributed by atoms with Gasteiger partial charge in [0.1, 0.15) is 5.60 Å². The zero-order valence-corrected chi connectivity index (χ0v) is 12.1. The van der Waals surface area contributed by atoms with E-state index in [1.807, 2.05) is 25.7 Å². The van der Waals surface area contributed by atoms with Gasteiger partial charge in [-0.05, 0) is 53.5 Å². The number of likely N-dealkylation sites (tertiary alicyclic amines) is 2. The molecule has 0 N–H and O–H groups in total. The first-order valence-corrected chi connectivity index (χ1v) is 7.10. The van der Waals surface area contributed by atoms with Gasteiger partial charge in [0, 0.05) is 25.2 Å². The monoisotopic (exact) mass is 254 g/mol. The van der Waals surface area contributed by atoms with E-state index in [-0.39, 0.29) is 6.09 Å². The van der Waals surface area contributed by atoms with Gasteiger partial charge in [0.25, 0.3) is 0 Å². The molecule has 18 heavy (non-hydrogen) atoms.